The van der Waals surface area contributed by atoms with Crippen molar-refractivity contribution in [1.82, 2.24) is 4.72 Å². The maximum absolute atomic E-state index is 12.0. The van der Waals surface area contributed by atoms with E-state index in [-0.39, 0.29) is 0 Å². The van der Waals surface area contributed by atoms with Crippen molar-refractivity contribution >= 4 is 37.3 Å². The zero-order valence-electron chi connectivity index (χ0n) is 10.8. The van der Waals surface area contributed by atoms with Crippen molar-refractivity contribution in [2.24, 2.45) is 5.92 Å². The van der Waals surface area contributed by atoms with E-state index in [1.165, 1.54) is 11.3 Å². The van der Waals surface area contributed by atoms with E-state index in [1.54, 1.807) is 6.07 Å². The van der Waals surface area contributed by atoms with E-state index in [4.69, 9.17) is 0 Å². The smallest absolute Gasteiger partial charge is 0.210 e. The number of hydrogen-bond donors (Lipinski definition) is 1. The van der Waals surface area contributed by atoms with Gasteiger partial charge >= 0.3 is 0 Å². The van der Waals surface area contributed by atoms with Crippen LogP contribution in [-0.2, 0) is 16.4 Å². The lowest BCUT2D eigenvalue weighted by Gasteiger charge is -2.08. The molecule has 0 aliphatic heterocycles. The van der Waals surface area contributed by atoms with Crippen LogP contribution in [0.15, 0.2) is 16.3 Å². The van der Waals surface area contributed by atoms with Gasteiger partial charge in [-0.2, -0.15) is 0 Å². The first-order valence-electron chi connectivity index (χ1n) is 6.14. The number of rotatable bonds is 8. The van der Waals surface area contributed by atoms with Crippen LogP contribution in [0.5, 0.6) is 0 Å². The Bertz CT molecular complexity index is 456. The minimum atomic E-state index is -3.30. The first kappa shape index (κ1) is 16.1. The van der Waals surface area contributed by atoms with Crippen molar-refractivity contribution in [2.45, 2.75) is 37.3 Å². The normalized spacial score (nSPS) is 13.7. The topological polar surface area (TPSA) is 46.2 Å². The summed E-state index contributed by atoms with van der Waals surface area (Å²) in [5, 5.41) is 0.963. The minimum absolute atomic E-state index is 0.424. The molecule has 0 aromatic carbocycles. The molecule has 0 spiro atoms. The van der Waals surface area contributed by atoms with Gasteiger partial charge in [0.05, 0.1) is 0 Å². The van der Waals surface area contributed by atoms with E-state index in [1.807, 2.05) is 13.0 Å². The molecule has 1 atom stereocenters. The molecule has 1 N–H and O–H groups in total. The molecular weight excluding hydrogens is 334 g/mol. The molecule has 1 unspecified atom stereocenters. The molecular formula is C12H20BrNO2S2. The van der Waals surface area contributed by atoms with Gasteiger partial charge in [-0.3, -0.25) is 0 Å². The number of hydrogen-bond acceptors (Lipinski definition) is 3. The third-order valence-corrected chi connectivity index (χ3v) is 6.97. The summed E-state index contributed by atoms with van der Waals surface area (Å²) in [6.07, 6.45) is 2.78. The van der Waals surface area contributed by atoms with Crippen molar-refractivity contribution in [1.29, 1.82) is 0 Å². The van der Waals surface area contributed by atoms with Gasteiger partial charge in [0.25, 0.3) is 0 Å². The van der Waals surface area contributed by atoms with Gasteiger partial charge in [0.15, 0.2) is 0 Å². The Labute approximate surface area is 122 Å². The first-order valence-corrected chi connectivity index (χ1v) is 9.56. The number of alkyl halides is 1. The molecule has 1 aromatic heterocycles. The number of nitrogens with one attached hydrogen (secondary N) is 1. The Morgan fingerprint density at radius 3 is 2.72 bits per heavy atom. The molecule has 1 heterocycles. The zero-order valence-corrected chi connectivity index (χ0v) is 14.0. The SMILES string of the molecule is CCc1ccc(S(=O)(=O)NCCCC(C)CBr)s1. The van der Waals surface area contributed by atoms with Crippen LogP contribution in [0.25, 0.3) is 0 Å². The molecule has 0 saturated carbocycles. The van der Waals surface area contributed by atoms with Crippen LogP contribution >= 0.6 is 27.3 Å². The van der Waals surface area contributed by atoms with Crippen molar-refractivity contribution in [2.75, 3.05) is 11.9 Å². The van der Waals surface area contributed by atoms with Gasteiger partial charge in [-0.1, -0.05) is 29.8 Å². The molecule has 3 nitrogen and oxygen atoms in total. The average Bonchev–Trinajstić information content (AvgIpc) is 2.83. The molecule has 0 radical (unpaired) electrons. The highest BCUT2D eigenvalue weighted by Crippen LogP contribution is 2.21. The van der Waals surface area contributed by atoms with Gasteiger partial charge in [0.1, 0.15) is 4.21 Å². The van der Waals surface area contributed by atoms with Crippen molar-refractivity contribution in [3.8, 4) is 0 Å². The Kier molecular flexibility index (Phi) is 6.84. The summed E-state index contributed by atoms with van der Waals surface area (Å²) in [5.74, 6) is 0.586. The van der Waals surface area contributed by atoms with Gasteiger partial charge in [0, 0.05) is 16.8 Å². The molecule has 6 heteroatoms. The number of sulfonamides is 1. The number of thiophene rings is 1. The van der Waals surface area contributed by atoms with Crippen LogP contribution in [0.3, 0.4) is 0 Å². The summed E-state index contributed by atoms with van der Waals surface area (Å²) >= 11 is 4.77. The van der Waals surface area contributed by atoms with Gasteiger partial charge in [-0.15, -0.1) is 11.3 Å². The molecule has 0 saturated heterocycles. The van der Waals surface area contributed by atoms with E-state index in [0.29, 0.717) is 16.7 Å². The monoisotopic (exact) mass is 353 g/mol. The summed E-state index contributed by atoms with van der Waals surface area (Å²) in [7, 11) is -3.30. The summed E-state index contributed by atoms with van der Waals surface area (Å²) < 4.78 is 27.0. The van der Waals surface area contributed by atoms with E-state index < -0.39 is 10.0 Å². The lowest BCUT2D eigenvalue weighted by atomic mass is 10.1. The van der Waals surface area contributed by atoms with Gasteiger partial charge in [-0.25, -0.2) is 13.1 Å². The minimum Gasteiger partial charge on any atom is -0.210 e. The highest BCUT2D eigenvalue weighted by molar-refractivity contribution is 9.09. The standard InChI is InChI=1S/C12H20BrNO2S2/c1-3-11-6-7-12(17-11)18(15,16)14-8-4-5-10(2)9-13/h6-7,10,14H,3-5,8-9H2,1-2H3. The van der Waals surface area contributed by atoms with Gasteiger partial charge in [0.2, 0.25) is 10.0 Å². The predicted octanol–water partition coefficient (Wildman–Crippen LogP) is 3.40. The quantitative estimate of drug-likeness (QED) is 0.575. The van der Waals surface area contributed by atoms with Gasteiger partial charge in [-0.05, 0) is 37.3 Å². The van der Waals surface area contributed by atoms with E-state index in [9.17, 15) is 8.42 Å². The number of halogens is 1. The molecule has 104 valence electrons. The van der Waals surface area contributed by atoms with E-state index >= 15 is 0 Å². The molecule has 0 aliphatic carbocycles. The fraction of sp³-hybridized carbons (Fsp3) is 0.667. The Morgan fingerprint density at radius 2 is 2.17 bits per heavy atom. The average molecular weight is 354 g/mol. The maximum Gasteiger partial charge on any atom is 0.250 e. The number of aryl methyl sites for hydroxylation is 1. The summed E-state index contributed by atoms with van der Waals surface area (Å²) in [6.45, 7) is 4.69. The fourth-order valence-electron chi connectivity index (χ4n) is 1.50. The second-order valence-corrected chi connectivity index (χ2v) is 8.18. The lowest BCUT2D eigenvalue weighted by Crippen LogP contribution is -2.24. The highest BCUT2D eigenvalue weighted by Gasteiger charge is 2.15. The molecule has 0 fully saturated rings. The maximum atomic E-state index is 12.0. The third kappa shape index (κ3) is 4.99. The van der Waals surface area contributed by atoms with Crippen LogP contribution in [0.4, 0.5) is 0 Å². The van der Waals surface area contributed by atoms with Crippen LogP contribution in [0, 0.1) is 5.92 Å². The molecule has 0 aliphatic rings. The molecule has 1 rings (SSSR count). The van der Waals surface area contributed by atoms with Crippen LogP contribution < -0.4 is 4.72 Å². The van der Waals surface area contributed by atoms with E-state index in [2.05, 4.69) is 27.6 Å². The van der Waals surface area contributed by atoms with E-state index in [0.717, 1.165) is 29.5 Å². The van der Waals surface area contributed by atoms with Crippen LogP contribution in [0.2, 0.25) is 0 Å². The second-order valence-electron chi connectivity index (χ2n) is 4.37. The molecule has 0 bridgehead atoms. The first-order chi connectivity index (χ1) is 8.49. The fourth-order valence-corrected chi connectivity index (χ4v) is 4.24. The summed E-state index contributed by atoms with van der Waals surface area (Å²) in [6, 6.07) is 3.57. The van der Waals surface area contributed by atoms with Crippen molar-refractivity contribution in [3.63, 3.8) is 0 Å². The summed E-state index contributed by atoms with van der Waals surface area (Å²) in [5.41, 5.74) is 0. The highest BCUT2D eigenvalue weighted by atomic mass is 79.9. The zero-order chi connectivity index (χ0) is 13.6. The molecule has 1 aromatic rings. The Morgan fingerprint density at radius 1 is 1.44 bits per heavy atom. The Hall–Kier alpha value is 0.0900. The van der Waals surface area contributed by atoms with Crippen molar-refractivity contribution < 1.29 is 8.42 Å². The third-order valence-electron chi connectivity index (χ3n) is 2.68. The largest absolute Gasteiger partial charge is 0.250 e. The predicted molar refractivity (Wildman–Crippen MR) is 81.1 cm³/mol. The summed E-state index contributed by atoms with van der Waals surface area (Å²) in [4.78, 5) is 1.10. The van der Waals surface area contributed by atoms with Crippen molar-refractivity contribution in [3.05, 3.63) is 17.0 Å². The molecule has 0 amide bonds. The second kappa shape index (κ2) is 7.62. The Balaban J connectivity index is 2.45. The van der Waals surface area contributed by atoms with Crippen LogP contribution in [-0.4, -0.2) is 20.3 Å². The lowest BCUT2D eigenvalue weighted by molar-refractivity contribution is 0.547. The molecule has 18 heavy (non-hydrogen) atoms. The van der Waals surface area contributed by atoms with Gasteiger partial charge < -0.3 is 0 Å². The van der Waals surface area contributed by atoms with Crippen LogP contribution in [0.1, 0.15) is 31.6 Å².